The highest BCUT2D eigenvalue weighted by Crippen LogP contribution is 2.23. The summed E-state index contributed by atoms with van der Waals surface area (Å²) in [6.45, 7) is 1.93. The molecule has 1 rings (SSSR count). The lowest BCUT2D eigenvalue weighted by molar-refractivity contribution is 0.191. The van der Waals surface area contributed by atoms with Gasteiger partial charge in [0.15, 0.2) is 0 Å². The Morgan fingerprint density at radius 2 is 1.92 bits per heavy atom. The number of benzene rings is 1. The summed E-state index contributed by atoms with van der Waals surface area (Å²) in [7, 11) is 1.75. The van der Waals surface area contributed by atoms with Crippen LogP contribution in [0.5, 0.6) is 0 Å². The lowest BCUT2D eigenvalue weighted by Crippen LogP contribution is -2.29. The standard InChI is InChI=1S/C10H14FN/c1-10(11,8-12-2)9-6-4-3-5-7-9/h3-7,12H,8H2,1-2H3. The van der Waals surface area contributed by atoms with Crippen molar-refractivity contribution in [2.45, 2.75) is 12.6 Å². The van der Waals surface area contributed by atoms with Gasteiger partial charge in [-0.15, -0.1) is 0 Å². The van der Waals surface area contributed by atoms with Crippen LogP contribution in [0.15, 0.2) is 30.3 Å². The van der Waals surface area contributed by atoms with Gasteiger partial charge >= 0.3 is 0 Å². The average Bonchev–Trinajstić information content (AvgIpc) is 2.06. The van der Waals surface area contributed by atoms with Crippen LogP contribution in [-0.2, 0) is 5.67 Å². The summed E-state index contributed by atoms with van der Waals surface area (Å²) in [4.78, 5) is 0. The van der Waals surface area contributed by atoms with Gasteiger partial charge in [0.25, 0.3) is 0 Å². The normalized spacial score (nSPS) is 15.6. The number of nitrogens with one attached hydrogen (secondary N) is 1. The summed E-state index contributed by atoms with van der Waals surface area (Å²) in [5.41, 5.74) is -0.546. The molecule has 0 bridgehead atoms. The van der Waals surface area contributed by atoms with E-state index in [0.717, 1.165) is 5.56 Å². The molecule has 1 atom stereocenters. The predicted octanol–water partition coefficient (Wildman–Crippen LogP) is 2.09. The van der Waals surface area contributed by atoms with Crippen molar-refractivity contribution in [2.75, 3.05) is 13.6 Å². The minimum atomic E-state index is -1.27. The first-order valence-electron chi connectivity index (χ1n) is 4.06. The fraction of sp³-hybridized carbons (Fsp3) is 0.400. The van der Waals surface area contributed by atoms with Crippen LogP contribution in [0, 0.1) is 0 Å². The quantitative estimate of drug-likeness (QED) is 0.726. The molecular formula is C10H14FN. The molecule has 0 aromatic heterocycles. The molecule has 66 valence electrons. The highest BCUT2D eigenvalue weighted by molar-refractivity contribution is 5.21. The number of rotatable bonds is 3. The molecule has 1 nitrogen and oxygen atoms in total. The Kier molecular flexibility index (Phi) is 2.82. The summed E-state index contributed by atoms with van der Waals surface area (Å²) in [5, 5.41) is 2.83. The maximum Gasteiger partial charge on any atom is 0.145 e. The minimum Gasteiger partial charge on any atom is -0.316 e. The van der Waals surface area contributed by atoms with E-state index < -0.39 is 5.67 Å². The molecular weight excluding hydrogens is 153 g/mol. The van der Waals surface area contributed by atoms with Gasteiger partial charge in [0.05, 0.1) is 0 Å². The molecule has 0 aliphatic carbocycles. The van der Waals surface area contributed by atoms with E-state index >= 15 is 0 Å². The third-order valence-electron chi connectivity index (χ3n) is 1.88. The van der Waals surface area contributed by atoms with Crippen molar-refractivity contribution in [1.82, 2.24) is 5.32 Å². The van der Waals surface area contributed by atoms with E-state index in [9.17, 15) is 4.39 Å². The Labute approximate surface area is 72.6 Å². The molecule has 0 saturated heterocycles. The molecule has 1 aromatic rings. The topological polar surface area (TPSA) is 12.0 Å². The molecule has 0 aliphatic heterocycles. The Morgan fingerprint density at radius 3 is 2.42 bits per heavy atom. The van der Waals surface area contributed by atoms with E-state index in [1.165, 1.54) is 0 Å². The second-order valence-electron chi connectivity index (χ2n) is 3.09. The Hall–Kier alpha value is -0.890. The van der Waals surface area contributed by atoms with Gasteiger partial charge in [-0.1, -0.05) is 30.3 Å². The molecule has 0 saturated carbocycles. The molecule has 1 aromatic carbocycles. The van der Waals surface area contributed by atoms with E-state index in [1.54, 1.807) is 26.1 Å². The van der Waals surface area contributed by atoms with Gasteiger partial charge in [-0.05, 0) is 19.5 Å². The van der Waals surface area contributed by atoms with Gasteiger partial charge in [-0.25, -0.2) is 4.39 Å². The third kappa shape index (κ3) is 2.05. The van der Waals surface area contributed by atoms with Crippen molar-refractivity contribution < 1.29 is 4.39 Å². The van der Waals surface area contributed by atoms with Gasteiger partial charge in [-0.2, -0.15) is 0 Å². The van der Waals surface area contributed by atoms with Crippen LogP contribution in [0.4, 0.5) is 4.39 Å². The van der Waals surface area contributed by atoms with Crippen LogP contribution in [0.3, 0.4) is 0 Å². The fourth-order valence-electron chi connectivity index (χ4n) is 1.22. The summed E-state index contributed by atoms with van der Waals surface area (Å²) in [5.74, 6) is 0. The monoisotopic (exact) mass is 167 g/mol. The minimum absolute atomic E-state index is 0.344. The van der Waals surface area contributed by atoms with Crippen LogP contribution >= 0.6 is 0 Å². The van der Waals surface area contributed by atoms with Crippen molar-refractivity contribution in [3.05, 3.63) is 35.9 Å². The van der Waals surface area contributed by atoms with Gasteiger partial charge in [-0.3, -0.25) is 0 Å². The van der Waals surface area contributed by atoms with Crippen molar-refractivity contribution in [1.29, 1.82) is 0 Å². The number of halogens is 1. The van der Waals surface area contributed by atoms with Crippen LogP contribution in [0.2, 0.25) is 0 Å². The summed E-state index contributed by atoms with van der Waals surface area (Å²) < 4.78 is 13.8. The Morgan fingerprint density at radius 1 is 1.33 bits per heavy atom. The second kappa shape index (κ2) is 3.68. The average molecular weight is 167 g/mol. The first-order valence-corrected chi connectivity index (χ1v) is 4.06. The van der Waals surface area contributed by atoms with Gasteiger partial charge < -0.3 is 5.32 Å². The van der Waals surface area contributed by atoms with Gasteiger partial charge in [0, 0.05) is 6.54 Å². The maximum absolute atomic E-state index is 13.8. The lowest BCUT2D eigenvalue weighted by atomic mass is 9.98. The molecule has 12 heavy (non-hydrogen) atoms. The first-order chi connectivity index (χ1) is 5.67. The van der Waals surface area contributed by atoms with E-state index in [0.29, 0.717) is 6.54 Å². The van der Waals surface area contributed by atoms with Crippen LogP contribution in [0.25, 0.3) is 0 Å². The zero-order valence-corrected chi connectivity index (χ0v) is 7.47. The van der Waals surface area contributed by atoms with Crippen LogP contribution in [-0.4, -0.2) is 13.6 Å². The Balaban J connectivity index is 2.82. The SMILES string of the molecule is CNCC(C)(F)c1ccccc1. The molecule has 2 heteroatoms. The molecule has 0 spiro atoms. The number of hydrogen-bond acceptors (Lipinski definition) is 1. The lowest BCUT2D eigenvalue weighted by Gasteiger charge is -2.19. The zero-order chi connectivity index (χ0) is 9.03. The maximum atomic E-state index is 13.8. The molecule has 1 unspecified atom stereocenters. The molecule has 0 heterocycles. The highest BCUT2D eigenvalue weighted by atomic mass is 19.1. The van der Waals surface area contributed by atoms with Crippen molar-refractivity contribution in [3.8, 4) is 0 Å². The fourth-order valence-corrected chi connectivity index (χ4v) is 1.22. The first kappa shape index (κ1) is 9.20. The summed E-state index contributed by atoms with van der Waals surface area (Å²) >= 11 is 0. The van der Waals surface area contributed by atoms with Gasteiger partial charge in [0.1, 0.15) is 5.67 Å². The molecule has 0 aliphatic rings. The highest BCUT2D eigenvalue weighted by Gasteiger charge is 2.23. The molecule has 1 N–H and O–H groups in total. The largest absolute Gasteiger partial charge is 0.316 e. The summed E-state index contributed by atoms with van der Waals surface area (Å²) in [6, 6.07) is 9.19. The van der Waals surface area contributed by atoms with Gasteiger partial charge in [0.2, 0.25) is 0 Å². The van der Waals surface area contributed by atoms with Crippen molar-refractivity contribution in [2.24, 2.45) is 0 Å². The molecule has 0 radical (unpaired) electrons. The number of alkyl halides is 1. The van der Waals surface area contributed by atoms with Crippen molar-refractivity contribution >= 4 is 0 Å². The predicted molar refractivity (Wildman–Crippen MR) is 48.8 cm³/mol. The summed E-state index contributed by atoms with van der Waals surface area (Å²) in [6.07, 6.45) is 0. The molecule has 0 amide bonds. The van der Waals surface area contributed by atoms with Crippen molar-refractivity contribution in [3.63, 3.8) is 0 Å². The smallest absolute Gasteiger partial charge is 0.145 e. The van der Waals surface area contributed by atoms with E-state index in [-0.39, 0.29) is 0 Å². The number of likely N-dealkylation sites (N-methyl/N-ethyl adjacent to an activating group) is 1. The zero-order valence-electron chi connectivity index (χ0n) is 7.47. The Bertz CT molecular complexity index is 231. The van der Waals surface area contributed by atoms with E-state index in [2.05, 4.69) is 5.32 Å². The van der Waals surface area contributed by atoms with E-state index in [4.69, 9.17) is 0 Å². The van der Waals surface area contributed by atoms with E-state index in [1.807, 2.05) is 18.2 Å². The molecule has 0 fully saturated rings. The van der Waals surface area contributed by atoms with Crippen LogP contribution < -0.4 is 5.32 Å². The second-order valence-corrected chi connectivity index (χ2v) is 3.09. The number of hydrogen-bond donors (Lipinski definition) is 1. The third-order valence-corrected chi connectivity index (χ3v) is 1.88. The van der Waals surface area contributed by atoms with Crippen LogP contribution in [0.1, 0.15) is 12.5 Å².